The van der Waals surface area contributed by atoms with E-state index >= 15 is 0 Å². The van der Waals surface area contributed by atoms with Crippen molar-refractivity contribution in [2.45, 2.75) is 12.8 Å². The van der Waals surface area contributed by atoms with E-state index in [9.17, 15) is 0 Å². The van der Waals surface area contributed by atoms with E-state index < -0.39 is 0 Å². The van der Waals surface area contributed by atoms with Crippen molar-refractivity contribution < 1.29 is 9.02 Å². The molecule has 0 N–H and O–H groups in total. The summed E-state index contributed by atoms with van der Waals surface area (Å²) in [6.45, 7) is 0. The summed E-state index contributed by atoms with van der Waals surface area (Å²) >= 11 is 3.61. The van der Waals surface area contributed by atoms with E-state index in [4.69, 9.17) is 4.74 Å². The third-order valence-electron chi connectivity index (χ3n) is 2.41. The molecular formula is C10H11NO2S. The van der Waals surface area contributed by atoms with Gasteiger partial charge < -0.3 is 9.02 Å². The molecule has 0 bridgehead atoms. The lowest BCUT2D eigenvalue weighted by atomic mass is 10.1. The number of fused-ring (bicyclic) bond motifs is 1. The van der Waals surface area contributed by atoms with Crippen LogP contribution in [-0.4, -0.2) is 12.8 Å². The highest BCUT2D eigenvalue weighted by atomic mass is 32.1. The Morgan fingerprint density at radius 3 is 2.93 bits per heavy atom. The first kappa shape index (κ1) is 9.40. The molecule has 4 heteroatoms. The monoisotopic (exact) mass is 209 g/mol. The predicted octanol–water partition coefficient (Wildman–Crippen LogP) is 2.21. The van der Waals surface area contributed by atoms with Gasteiger partial charge in [-0.2, -0.15) is 0 Å². The quantitative estimate of drug-likeness (QED) is 0.460. The van der Waals surface area contributed by atoms with Gasteiger partial charge in [0, 0.05) is 5.56 Å². The Balaban J connectivity index is 2.38. The predicted molar refractivity (Wildman–Crippen MR) is 57.9 cm³/mol. The molecule has 14 heavy (non-hydrogen) atoms. The number of hydrogen-bond acceptors (Lipinski definition) is 4. The van der Waals surface area contributed by atoms with E-state index in [1.54, 1.807) is 7.11 Å². The minimum atomic E-state index is 0.886. The van der Waals surface area contributed by atoms with Crippen LogP contribution in [-0.2, 0) is 10.7 Å². The number of thiol groups is 1. The maximum Gasteiger partial charge on any atom is 0.119 e. The molecule has 2 rings (SSSR count). The molecule has 0 aliphatic heterocycles. The Labute approximate surface area is 88.3 Å². The molecule has 0 fully saturated rings. The average molecular weight is 209 g/mol. The number of rotatable bonds is 2. The third kappa shape index (κ3) is 1.57. The van der Waals surface area contributed by atoms with Crippen molar-refractivity contribution in [1.29, 1.82) is 0 Å². The van der Waals surface area contributed by atoms with E-state index in [0.29, 0.717) is 0 Å². The summed E-state index contributed by atoms with van der Waals surface area (Å²) in [5, 5.41) is 3.86. The molecule has 1 aromatic rings. The van der Waals surface area contributed by atoms with Gasteiger partial charge in [0.25, 0.3) is 0 Å². The molecule has 0 amide bonds. The molecule has 1 aliphatic rings. The first-order valence-electron chi connectivity index (χ1n) is 4.40. The Hall–Kier alpha value is -1.16. The van der Waals surface area contributed by atoms with E-state index in [2.05, 4.69) is 22.3 Å². The molecule has 0 heterocycles. The lowest BCUT2D eigenvalue weighted by Crippen LogP contribution is -1.94. The summed E-state index contributed by atoms with van der Waals surface area (Å²) in [6.07, 6.45) is 1.89. The van der Waals surface area contributed by atoms with Crippen LogP contribution >= 0.6 is 12.9 Å². The van der Waals surface area contributed by atoms with Crippen molar-refractivity contribution in [1.82, 2.24) is 0 Å². The molecule has 0 saturated heterocycles. The second-order valence-electron chi connectivity index (χ2n) is 3.14. The maximum absolute atomic E-state index is 5.15. The van der Waals surface area contributed by atoms with Crippen LogP contribution in [0, 0.1) is 0 Å². The van der Waals surface area contributed by atoms with E-state index in [1.165, 1.54) is 5.56 Å². The van der Waals surface area contributed by atoms with Crippen molar-refractivity contribution in [2.24, 2.45) is 5.16 Å². The summed E-state index contributed by atoms with van der Waals surface area (Å²) in [5.41, 5.74) is 3.35. The highest BCUT2D eigenvalue weighted by molar-refractivity contribution is 7.75. The highest BCUT2D eigenvalue weighted by Gasteiger charge is 2.18. The topological polar surface area (TPSA) is 30.8 Å². The second-order valence-corrected chi connectivity index (χ2v) is 3.31. The van der Waals surface area contributed by atoms with Crippen LogP contribution in [0.3, 0.4) is 0 Å². The zero-order chi connectivity index (χ0) is 9.97. The zero-order valence-corrected chi connectivity index (χ0v) is 8.75. The van der Waals surface area contributed by atoms with Gasteiger partial charge in [0.1, 0.15) is 5.75 Å². The Kier molecular flexibility index (Phi) is 2.63. The van der Waals surface area contributed by atoms with Gasteiger partial charge in [0.05, 0.1) is 25.7 Å². The van der Waals surface area contributed by atoms with Gasteiger partial charge in [-0.1, -0.05) is 5.16 Å². The van der Waals surface area contributed by atoms with Gasteiger partial charge in [-0.05, 0) is 36.6 Å². The lowest BCUT2D eigenvalue weighted by Gasteiger charge is -2.02. The Morgan fingerprint density at radius 2 is 2.21 bits per heavy atom. The van der Waals surface area contributed by atoms with Crippen LogP contribution < -0.4 is 4.74 Å². The summed E-state index contributed by atoms with van der Waals surface area (Å²) in [4.78, 5) is 0. The molecule has 0 unspecified atom stereocenters. The highest BCUT2D eigenvalue weighted by Crippen LogP contribution is 2.26. The first-order valence-corrected chi connectivity index (χ1v) is 4.76. The largest absolute Gasteiger partial charge is 0.497 e. The van der Waals surface area contributed by atoms with Gasteiger partial charge in [-0.3, -0.25) is 0 Å². The summed E-state index contributed by atoms with van der Waals surface area (Å²) < 4.78 is 9.64. The maximum atomic E-state index is 5.15. The number of oxime groups is 1. The fourth-order valence-electron chi connectivity index (χ4n) is 1.72. The molecule has 74 valence electrons. The van der Waals surface area contributed by atoms with Gasteiger partial charge in [0.15, 0.2) is 0 Å². The molecule has 1 aliphatic carbocycles. The van der Waals surface area contributed by atoms with Crippen molar-refractivity contribution in [3.05, 3.63) is 29.3 Å². The lowest BCUT2D eigenvalue weighted by molar-refractivity contribution is 0.413. The molecule has 0 aromatic heterocycles. The SMILES string of the molecule is COc1ccc2c(c1)CC/C2=N\OS. The Bertz CT molecular complexity index is 376. The van der Waals surface area contributed by atoms with Crippen LogP contribution in [0.1, 0.15) is 17.5 Å². The van der Waals surface area contributed by atoms with E-state index in [1.807, 2.05) is 18.2 Å². The normalized spacial score (nSPS) is 16.9. The number of nitrogens with zero attached hydrogens (tertiary/aromatic N) is 1. The summed E-state index contributed by atoms with van der Waals surface area (Å²) in [5.74, 6) is 0.886. The number of ether oxygens (including phenoxy) is 1. The molecule has 0 spiro atoms. The van der Waals surface area contributed by atoms with Crippen LogP contribution in [0.2, 0.25) is 0 Å². The van der Waals surface area contributed by atoms with Gasteiger partial charge in [-0.25, -0.2) is 0 Å². The fourth-order valence-corrected chi connectivity index (χ4v) is 1.82. The molecule has 0 radical (unpaired) electrons. The Morgan fingerprint density at radius 1 is 1.36 bits per heavy atom. The van der Waals surface area contributed by atoms with E-state index in [0.717, 1.165) is 29.9 Å². The van der Waals surface area contributed by atoms with Crippen LogP contribution in [0.15, 0.2) is 23.4 Å². The summed E-state index contributed by atoms with van der Waals surface area (Å²) in [7, 11) is 1.67. The fraction of sp³-hybridized carbons (Fsp3) is 0.300. The number of hydrogen-bond donors (Lipinski definition) is 1. The van der Waals surface area contributed by atoms with Gasteiger partial charge in [-0.15, -0.1) is 0 Å². The number of aryl methyl sites for hydroxylation is 1. The molecular weight excluding hydrogens is 198 g/mol. The standard InChI is InChI=1S/C10H11NO2S/c1-12-8-3-4-9-7(6-8)2-5-10(9)11-13-14/h3-4,6,14H,2,5H2,1H3/b11-10+. The van der Waals surface area contributed by atoms with E-state index in [-0.39, 0.29) is 0 Å². The average Bonchev–Trinajstić information content (AvgIpc) is 2.61. The third-order valence-corrected chi connectivity index (χ3v) is 2.49. The van der Waals surface area contributed by atoms with Crippen molar-refractivity contribution in [3.63, 3.8) is 0 Å². The molecule has 1 aromatic carbocycles. The van der Waals surface area contributed by atoms with Crippen LogP contribution in [0.25, 0.3) is 0 Å². The molecule has 3 nitrogen and oxygen atoms in total. The van der Waals surface area contributed by atoms with Crippen LogP contribution in [0.4, 0.5) is 0 Å². The second kappa shape index (κ2) is 3.92. The molecule has 0 atom stereocenters. The number of benzene rings is 1. The van der Waals surface area contributed by atoms with Crippen molar-refractivity contribution in [3.8, 4) is 5.75 Å². The number of methoxy groups -OCH3 is 1. The van der Waals surface area contributed by atoms with Crippen LogP contribution in [0.5, 0.6) is 5.75 Å². The van der Waals surface area contributed by atoms with Gasteiger partial charge in [0.2, 0.25) is 0 Å². The van der Waals surface area contributed by atoms with Crippen molar-refractivity contribution >= 4 is 18.6 Å². The smallest absolute Gasteiger partial charge is 0.119 e. The molecule has 0 saturated carbocycles. The van der Waals surface area contributed by atoms with Crippen molar-refractivity contribution in [2.75, 3.05) is 7.11 Å². The first-order chi connectivity index (χ1) is 6.85. The summed E-state index contributed by atoms with van der Waals surface area (Å²) in [6, 6.07) is 5.97. The minimum Gasteiger partial charge on any atom is -0.497 e. The minimum absolute atomic E-state index is 0.886. The zero-order valence-electron chi connectivity index (χ0n) is 7.86. The van der Waals surface area contributed by atoms with Gasteiger partial charge >= 0.3 is 0 Å².